The Kier molecular flexibility index (Phi) is 9.17. The molecule has 0 bridgehead atoms. The van der Waals surface area contributed by atoms with E-state index < -0.39 is 0 Å². The molecule has 31 heavy (non-hydrogen) atoms. The SMILES string of the molecule is C=C(C)C1CCC(=CCCC(C)=CCCC(C)=CCC2=CC(=O)C=C(C)C2=O)C(=O)O1. The largest absolute Gasteiger partial charge is 0.455 e. The lowest BCUT2D eigenvalue weighted by Gasteiger charge is -2.24. The second-order valence-electron chi connectivity index (χ2n) is 8.62. The first-order valence-electron chi connectivity index (χ1n) is 11.0. The fourth-order valence-electron chi connectivity index (χ4n) is 3.66. The van der Waals surface area contributed by atoms with Crippen molar-refractivity contribution < 1.29 is 19.1 Å². The van der Waals surface area contributed by atoms with Crippen LogP contribution in [0, 0.1) is 0 Å². The maximum atomic E-state index is 12.1. The summed E-state index contributed by atoms with van der Waals surface area (Å²) in [6.45, 7) is 11.6. The predicted molar refractivity (Wildman–Crippen MR) is 124 cm³/mol. The van der Waals surface area contributed by atoms with E-state index in [-0.39, 0.29) is 23.6 Å². The first kappa shape index (κ1) is 24.5. The van der Waals surface area contributed by atoms with Crippen LogP contribution < -0.4 is 0 Å². The molecule has 0 N–H and O–H groups in total. The van der Waals surface area contributed by atoms with Crippen LogP contribution in [0.4, 0.5) is 0 Å². The van der Waals surface area contributed by atoms with E-state index in [4.69, 9.17) is 4.74 Å². The van der Waals surface area contributed by atoms with Crippen molar-refractivity contribution in [3.05, 3.63) is 70.4 Å². The Labute approximate surface area is 186 Å². The van der Waals surface area contributed by atoms with Gasteiger partial charge in [0.25, 0.3) is 0 Å². The van der Waals surface area contributed by atoms with Gasteiger partial charge in [0.1, 0.15) is 6.10 Å². The fourth-order valence-corrected chi connectivity index (χ4v) is 3.66. The molecule has 4 nitrogen and oxygen atoms in total. The molecule has 4 heteroatoms. The lowest BCUT2D eigenvalue weighted by atomic mass is 9.94. The molecule has 0 aromatic rings. The van der Waals surface area contributed by atoms with Crippen molar-refractivity contribution in [1.82, 2.24) is 0 Å². The summed E-state index contributed by atoms with van der Waals surface area (Å²) in [5, 5.41) is 0. The number of carbonyl (C=O) groups excluding carboxylic acids is 3. The van der Waals surface area contributed by atoms with E-state index in [2.05, 4.69) is 26.5 Å². The number of hydrogen-bond donors (Lipinski definition) is 0. The Hall–Kier alpha value is -2.75. The van der Waals surface area contributed by atoms with Gasteiger partial charge in [-0.1, -0.05) is 36.0 Å². The molecule has 0 aromatic carbocycles. The summed E-state index contributed by atoms with van der Waals surface area (Å²) in [5.41, 5.74) is 5.26. The summed E-state index contributed by atoms with van der Waals surface area (Å²) in [7, 11) is 0. The van der Waals surface area contributed by atoms with Crippen molar-refractivity contribution in [3.63, 3.8) is 0 Å². The van der Waals surface area contributed by atoms with Gasteiger partial charge in [0.05, 0.1) is 0 Å². The molecule has 0 amide bonds. The highest BCUT2D eigenvalue weighted by Gasteiger charge is 2.24. The minimum absolute atomic E-state index is 0.0366. The summed E-state index contributed by atoms with van der Waals surface area (Å²) in [4.78, 5) is 35.8. The van der Waals surface area contributed by atoms with Gasteiger partial charge in [-0.05, 0) is 90.4 Å². The summed E-state index contributed by atoms with van der Waals surface area (Å²) < 4.78 is 5.42. The highest BCUT2D eigenvalue weighted by molar-refractivity contribution is 6.20. The predicted octanol–water partition coefficient (Wildman–Crippen LogP) is 6.06. The van der Waals surface area contributed by atoms with Crippen LogP contribution in [0.5, 0.6) is 0 Å². The molecule has 1 heterocycles. The van der Waals surface area contributed by atoms with Gasteiger partial charge in [-0.15, -0.1) is 0 Å². The standard InChI is InChI=1S/C27H34O4/c1-18(2)25-15-14-22(27(30)31-25)11-7-10-19(3)8-6-9-20(4)12-13-23-17-24(28)16-21(5)26(23)29/h8,11-12,16-17,25H,1,6-7,9-10,13-15H2,2-5H3. The second kappa shape index (κ2) is 11.6. The average molecular weight is 423 g/mol. The number of esters is 1. The average Bonchev–Trinajstić information content (AvgIpc) is 2.70. The van der Waals surface area contributed by atoms with E-state index in [9.17, 15) is 14.4 Å². The first-order chi connectivity index (χ1) is 14.7. The molecule has 1 aliphatic carbocycles. The molecule has 1 aliphatic heterocycles. The topological polar surface area (TPSA) is 60.4 Å². The van der Waals surface area contributed by atoms with Gasteiger partial charge in [0.15, 0.2) is 11.6 Å². The molecule has 0 aromatic heterocycles. The van der Waals surface area contributed by atoms with E-state index in [1.807, 2.05) is 19.1 Å². The molecular formula is C27H34O4. The summed E-state index contributed by atoms with van der Waals surface area (Å²) in [5.74, 6) is -0.352. The summed E-state index contributed by atoms with van der Waals surface area (Å²) >= 11 is 0. The van der Waals surface area contributed by atoms with E-state index in [1.54, 1.807) is 6.92 Å². The Bertz CT molecular complexity index is 906. The molecule has 0 spiro atoms. The van der Waals surface area contributed by atoms with Crippen LogP contribution >= 0.6 is 0 Å². The van der Waals surface area contributed by atoms with Crippen LogP contribution in [-0.4, -0.2) is 23.6 Å². The Morgan fingerprint density at radius 3 is 2.42 bits per heavy atom. The number of hydrogen-bond acceptors (Lipinski definition) is 4. The van der Waals surface area contributed by atoms with Crippen LogP contribution in [0.25, 0.3) is 0 Å². The minimum atomic E-state index is -0.208. The van der Waals surface area contributed by atoms with Gasteiger partial charge in [0, 0.05) is 16.7 Å². The number of rotatable bonds is 9. The second-order valence-corrected chi connectivity index (χ2v) is 8.62. The molecule has 1 unspecified atom stereocenters. The van der Waals surface area contributed by atoms with E-state index in [1.165, 1.54) is 23.3 Å². The minimum Gasteiger partial charge on any atom is -0.455 e. The Morgan fingerprint density at radius 2 is 1.74 bits per heavy atom. The van der Waals surface area contributed by atoms with Crippen molar-refractivity contribution in [2.45, 2.75) is 78.7 Å². The molecule has 1 fully saturated rings. The highest BCUT2D eigenvalue weighted by Crippen LogP contribution is 2.24. The quantitative estimate of drug-likeness (QED) is 0.196. The number of ether oxygens (including phenoxy) is 1. The third-order valence-electron chi connectivity index (χ3n) is 5.69. The van der Waals surface area contributed by atoms with E-state index in [0.29, 0.717) is 17.6 Å². The maximum absolute atomic E-state index is 12.1. The van der Waals surface area contributed by atoms with Crippen LogP contribution in [0.15, 0.2) is 70.4 Å². The zero-order valence-electron chi connectivity index (χ0n) is 19.3. The molecule has 166 valence electrons. The number of Topliss-reactive ketones (excluding diaryl/α,β-unsaturated/α-hetero) is 1. The molecule has 0 radical (unpaired) electrons. The van der Waals surface area contributed by atoms with Crippen molar-refractivity contribution in [3.8, 4) is 0 Å². The van der Waals surface area contributed by atoms with Gasteiger partial charge < -0.3 is 4.74 Å². The number of allylic oxidation sites excluding steroid dienone is 9. The van der Waals surface area contributed by atoms with Gasteiger partial charge in [-0.3, -0.25) is 9.59 Å². The Morgan fingerprint density at radius 1 is 1.06 bits per heavy atom. The van der Waals surface area contributed by atoms with Gasteiger partial charge >= 0.3 is 5.97 Å². The Balaban J connectivity index is 1.74. The normalized spacial score (nSPS) is 21.7. The molecule has 1 atom stereocenters. The van der Waals surface area contributed by atoms with E-state index in [0.717, 1.165) is 49.7 Å². The first-order valence-corrected chi connectivity index (χ1v) is 11.0. The summed E-state index contributed by atoms with van der Waals surface area (Å²) in [6, 6.07) is 0. The van der Waals surface area contributed by atoms with Crippen LogP contribution in [0.3, 0.4) is 0 Å². The zero-order chi connectivity index (χ0) is 23.0. The monoisotopic (exact) mass is 422 g/mol. The van der Waals surface area contributed by atoms with Gasteiger partial charge in [-0.25, -0.2) is 4.79 Å². The fraction of sp³-hybridized carbons (Fsp3) is 0.444. The van der Waals surface area contributed by atoms with Crippen molar-refractivity contribution in [2.75, 3.05) is 0 Å². The lowest BCUT2D eigenvalue weighted by Crippen LogP contribution is -2.26. The van der Waals surface area contributed by atoms with Crippen molar-refractivity contribution in [1.29, 1.82) is 0 Å². The van der Waals surface area contributed by atoms with Gasteiger partial charge in [-0.2, -0.15) is 0 Å². The van der Waals surface area contributed by atoms with Crippen molar-refractivity contribution >= 4 is 17.5 Å². The molecule has 1 saturated heterocycles. The number of ketones is 2. The third-order valence-corrected chi connectivity index (χ3v) is 5.69. The van der Waals surface area contributed by atoms with Gasteiger partial charge in [0.2, 0.25) is 0 Å². The zero-order valence-corrected chi connectivity index (χ0v) is 19.3. The smallest absolute Gasteiger partial charge is 0.334 e. The lowest BCUT2D eigenvalue weighted by molar-refractivity contribution is -0.145. The van der Waals surface area contributed by atoms with Crippen LogP contribution in [-0.2, 0) is 19.1 Å². The van der Waals surface area contributed by atoms with Crippen LogP contribution in [0.1, 0.15) is 72.6 Å². The van der Waals surface area contributed by atoms with Crippen LogP contribution in [0.2, 0.25) is 0 Å². The maximum Gasteiger partial charge on any atom is 0.334 e. The summed E-state index contributed by atoms with van der Waals surface area (Å²) in [6.07, 6.45) is 14.6. The number of cyclic esters (lactones) is 1. The third kappa shape index (κ3) is 7.78. The number of carbonyl (C=O) groups is 3. The molecule has 0 saturated carbocycles. The van der Waals surface area contributed by atoms with Crippen molar-refractivity contribution in [2.24, 2.45) is 0 Å². The molecule has 2 aliphatic rings. The molecule has 2 rings (SSSR count). The molecular weight excluding hydrogens is 388 g/mol. The highest BCUT2D eigenvalue weighted by atomic mass is 16.5. The van der Waals surface area contributed by atoms with E-state index >= 15 is 0 Å².